The smallest absolute Gasteiger partial charge is 0.335 e. The molecule has 3 N–H and O–H groups in total. The minimum Gasteiger partial charge on any atom is -0.507 e. The number of anilines is 1. The summed E-state index contributed by atoms with van der Waals surface area (Å²) in [5.41, 5.74) is 5.75. The van der Waals surface area contributed by atoms with E-state index in [4.69, 9.17) is 5.11 Å². The first kappa shape index (κ1) is 14.6. The first-order valence-corrected chi connectivity index (χ1v) is 6.41. The molecule has 0 fully saturated rings. The van der Waals surface area contributed by atoms with Crippen molar-refractivity contribution in [2.45, 2.75) is 13.8 Å². The highest BCUT2D eigenvalue weighted by molar-refractivity contribution is 6.01. The largest absolute Gasteiger partial charge is 0.507 e. The van der Waals surface area contributed by atoms with Crippen LogP contribution in [0.25, 0.3) is 0 Å². The zero-order chi connectivity index (χ0) is 15.4. The monoisotopic (exact) mass is 284 g/mol. The molecule has 108 valence electrons. The van der Waals surface area contributed by atoms with Crippen molar-refractivity contribution in [2.24, 2.45) is 5.10 Å². The van der Waals surface area contributed by atoms with E-state index in [-0.39, 0.29) is 11.3 Å². The van der Waals surface area contributed by atoms with E-state index < -0.39 is 5.97 Å². The van der Waals surface area contributed by atoms with E-state index in [2.05, 4.69) is 10.5 Å². The predicted octanol–water partition coefficient (Wildman–Crippen LogP) is 3.23. The van der Waals surface area contributed by atoms with Crippen LogP contribution in [0.1, 0.15) is 28.4 Å². The second-order valence-electron chi connectivity index (χ2n) is 4.72. The lowest BCUT2D eigenvalue weighted by molar-refractivity contribution is 0.0697. The molecule has 0 aliphatic carbocycles. The first-order valence-electron chi connectivity index (χ1n) is 6.41. The third-order valence-electron chi connectivity index (χ3n) is 3.01. The van der Waals surface area contributed by atoms with Gasteiger partial charge in [-0.2, -0.15) is 5.10 Å². The fourth-order valence-electron chi connectivity index (χ4n) is 1.88. The molecule has 0 spiro atoms. The fourth-order valence-corrected chi connectivity index (χ4v) is 1.88. The Hall–Kier alpha value is -2.82. The molecule has 0 saturated heterocycles. The van der Waals surface area contributed by atoms with E-state index in [1.807, 2.05) is 13.0 Å². The number of carboxylic acids is 1. The van der Waals surface area contributed by atoms with Gasteiger partial charge in [-0.05, 0) is 49.7 Å². The van der Waals surface area contributed by atoms with Crippen LogP contribution in [0.4, 0.5) is 5.69 Å². The average Bonchev–Trinajstić information content (AvgIpc) is 2.45. The van der Waals surface area contributed by atoms with Gasteiger partial charge in [-0.1, -0.05) is 12.1 Å². The van der Waals surface area contributed by atoms with Gasteiger partial charge in [0.1, 0.15) is 5.75 Å². The summed E-state index contributed by atoms with van der Waals surface area (Å²) in [4.78, 5) is 10.9. The summed E-state index contributed by atoms with van der Waals surface area (Å²) in [6.45, 7) is 3.66. The number of phenolic OH excluding ortho intramolecular Hbond substituents is 1. The Morgan fingerprint density at radius 3 is 2.62 bits per heavy atom. The van der Waals surface area contributed by atoms with Gasteiger partial charge < -0.3 is 10.2 Å². The van der Waals surface area contributed by atoms with Gasteiger partial charge in [0.25, 0.3) is 0 Å². The number of benzene rings is 2. The molecule has 0 aromatic heterocycles. The Kier molecular flexibility index (Phi) is 4.23. The number of aromatic carboxylic acids is 1. The van der Waals surface area contributed by atoms with E-state index in [0.29, 0.717) is 17.0 Å². The maximum absolute atomic E-state index is 10.9. The summed E-state index contributed by atoms with van der Waals surface area (Å²) >= 11 is 0. The van der Waals surface area contributed by atoms with Crippen LogP contribution in [0.15, 0.2) is 47.6 Å². The number of carboxylic acid groups (broad SMARTS) is 1. The van der Waals surface area contributed by atoms with Gasteiger partial charge >= 0.3 is 5.97 Å². The molecule has 21 heavy (non-hydrogen) atoms. The van der Waals surface area contributed by atoms with Gasteiger partial charge in [-0.15, -0.1) is 0 Å². The van der Waals surface area contributed by atoms with Crippen molar-refractivity contribution >= 4 is 17.4 Å². The third-order valence-corrected chi connectivity index (χ3v) is 3.01. The Labute approximate surface area is 122 Å². The highest BCUT2D eigenvalue weighted by atomic mass is 16.4. The van der Waals surface area contributed by atoms with Crippen LogP contribution in [-0.2, 0) is 0 Å². The van der Waals surface area contributed by atoms with Crippen LogP contribution >= 0.6 is 0 Å². The van der Waals surface area contributed by atoms with Crippen LogP contribution in [0.5, 0.6) is 5.75 Å². The number of phenols is 1. The zero-order valence-electron chi connectivity index (χ0n) is 11.8. The number of hydrogen-bond donors (Lipinski definition) is 3. The van der Waals surface area contributed by atoms with Gasteiger partial charge in [-0.3, -0.25) is 5.43 Å². The molecule has 2 rings (SSSR count). The Morgan fingerprint density at radius 2 is 1.95 bits per heavy atom. The summed E-state index contributed by atoms with van der Waals surface area (Å²) in [5, 5.41) is 23.0. The minimum absolute atomic E-state index is 0.164. The van der Waals surface area contributed by atoms with Crippen LogP contribution in [0.2, 0.25) is 0 Å². The Morgan fingerprint density at radius 1 is 1.19 bits per heavy atom. The van der Waals surface area contributed by atoms with E-state index >= 15 is 0 Å². The molecular weight excluding hydrogens is 268 g/mol. The SMILES string of the molecule is CC(=NNc1cccc(C(=O)O)c1)c1ccc(C)cc1O. The molecule has 2 aromatic carbocycles. The number of aryl methyl sites for hydroxylation is 1. The van der Waals surface area contributed by atoms with Gasteiger partial charge in [0.15, 0.2) is 0 Å². The van der Waals surface area contributed by atoms with Crippen LogP contribution in [0.3, 0.4) is 0 Å². The van der Waals surface area contributed by atoms with Gasteiger partial charge in [0, 0.05) is 5.56 Å². The van der Waals surface area contributed by atoms with Crippen molar-refractivity contribution in [2.75, 3.05) is 5.43 Å². The quantitative estimate of drug-likeness (QED) is 0.594. The summed E-state index contributed by atoms with van der Waals surface area (Å²) in [6, 6.07) is 11.7. The topological polar surface area (TPSA) is 81.9 Å². The lowest BCUT2D eigenvalue weighted by Gasteiger charge is -2.07. The van der Waals surface area contributed by atoms with Crippen molar-refractivity contribution < 1.29 is 15.0 Å². The average molecular weight is 284 g/mol. The highest BCUT2D eigenvalue weighted by Gasteiger charge is 2.05. The van der Waals surface area contributed by atoms with Crippen molar-refractivity contribution in [3.05, 3.63) is 59.2 Å². The summed E-state index contributed by atoms with van der Waals surface area (Å²) in [5.74, 6) is -0.826. The zero-order valence-corrected chi connectivity index (χ0v) is 11.8. The maximum atomic E-state index is 10.9. The van der Waals surface area contributed by atoms with Gasteiger partial charge in [-0.25, -0.2) is 4.79 Å². The summed E-state index contributed by atoms with van der Waals surface area (Å²) in [7, 11) is 0. The fraction of sp³-hybridized carbons (Fsp3) is 0.125. The van der Waals surface area contributed by atoms with Crippen molar-refractivity contribution in [3.63, 3.8) is 0 Å². The molecule has 0 aliphatic rings. The Balaban J connectivity index is 2.20. The molecule has 0 heterocycles. The van der Waals surface area contributed by atoms with Crippen molar-refractivity contribution in [3.8, 4) is 5.75 Å². The van der Waals surface area contributed by atoms with E-state index in [1.54, 1.807) is 31.2 Å². The van der Waals surface area contributed by atoms with Gasteiger partial charge in [0.2, 0.25) is 0 Å². The lowest BCUT2D eigenvalue weighted by atomic mass is 10.1. The van der Waals surface area contributed by atoms with Crippen LogP contribution in [0, 0.1) is 6.92 Å². The predicted molar refractivity (Wildman–Crippen MR) is 82.1 cm³/mol. The highest BCUT2D eigenvalue weighted by Crippen LogP contribution is 2.19. The summed E-state index contributed by atoms with van der Waals surface area (Å²) < 4.78 is 0. The lowest BCUT2D eigenvalue weighted by Crippen LogP contribution is -2.02. The third kappa shape index (κ3) is 3.60. The standard InChI is InChI=1S/C16H16N2O3/c1-10-6-7-14(15(19)8-10)11(2)17-18-13-5-3-4-12(9-13)16(20)21/h3-9,18-19H,1-2H3,(H,20,21). The van der Waals surface area contributed by atoms with E-state index in [9.17, 15) is 9.90 Å². The van der Waals surface area contributed by atoms with Crippen LogP contribution < -0.4 is 5.43 Å². The number of carbonyl (C=O) groups is 1. The molecule has 0 aliphatic heterocycles. The van der Waals surface area contributed by atoms with Crippen LogP contribution in [-0.4, -0.2) is 21.9 Å². The second kappa shape index (κ2) is 6.09. The number of nitrogens with zero attached hydrogens (tertiary/aromatic N) is 1. The molecule has 5 heteroatoms. The molecule has 0 amide bonds. The van der Waals surface area contributed by atoms with Crippen molar-refractivity contribution in [1.29, 1.82) is 0 Å². The molecule has 0 bridgehead atoms. The number of nitrogens with one attached hydrogen (secondary N) is 1. The molecule has 0 unspecified atom stereocenters. The Bertz CT molecular complexity index is 708. The number of rotatable bonds is 4. The number of hydrogen-bond acceptors (Lipinski definition) is 4. The van der Waals surface area contributed by atoms with Gasteiger partial charge in [0.05, 0.1) is 17.0 Å². The molecular formula is C16H16N2O3. The van der Waals surface area contributed by atoms with Crippen molar-refractivity contribution in [1.82, 2.24) is 0 Å². The molecule has 0 radical (unpaired) electrons. The first-order chi connectivity index (χ1) is 9.97. The normalized spacial score (nSPS) is 11.2. The number of aromatic hydroxyl groups is 1. The van der Waals surface area contributed by atoms with E-state index in [0.717, 1.165) is 5.56 Å². The number of hydrazone groups is 1. The maximum Gasteiger partial charge on any atom is 0.335 e. The molecule has 0 atom stereocenters. The molecule has 2 aromatic rings. The van der Waals surface area contributed by atoms with E-state index in [1.165, 1.54) is 12.1 Å². The summed E-state index contributed by atoms with van der Waals surface area (Å²) in [6.07, 6.45) is 0. The minimum atomic E-state index is -0.990. The molecule has 5 nitrogen and oxygen atoms in total. The second-order valence-corrected chi connectivity index (χ2v) is 4.72. The molecule has 0 saturated carbocycles.